The average Bonchev–Trinajstić information content (AvgIpc) is 2.37. The maximum absolute atomic E-state index is 13.1. The Kier molecular flexibility index (Phi) is 3.70. The quantitative estimate of drug-likeness (QED) is 0.749. The Morgan fingerprint density at radius 1 is 1.18 bits per heavy atom. The molecular formula is C14H15FN2. The lowest BCUT2D eigenvalue weighted by atomic mass is 10.2. The minimum absolute atomic E-state index is 0.436. The fourth-order valence-electron chi connectivity index (χ4n) is 1.78. The Morgan fingerprint density at radius 3 is 2.59 bits per heavy atom. The lowest BCUT2D eigenvalue weighted by Gasteiger charge is -2.23. The van der Waals surface area contributed by atoms with E-state index < -0.39 is 5.95 Å². The van der Waals surface area contributed by atoms with Gasteiger partial charge in [0.15, 0.2) is 0 Å². The highest BCUT2D eigenvalue weighted by atomic mass is 19.1. The summed E-state index contributed by atoms with van der Waals surface area (Å²) >= 11 is 0. The maximum atomic E-state index is 13.1. The molecule has 0 saturated heterocycles. The summed E-state index contributed by atoms with van der Waals surface area (Å²) in [6, 6.07) is 13.4. The summed E-state index contributed by atoms with van der Waals surface area (Å²) in [5, 5.41) is 0. The molecule has 1 aromatic heterocycles. The van der Waals surface area contributed by atoms with Gasteiger partial charge in [-0.25, -0.2) is 4.98 Å². The fourth-order valence-corrected chi connectivity index (χ4v) is 1.78. The largest absolute Gasteiger partial charge is 0.367 e. The first-order valence-electron chi connectivity index (χ1n) is 5.70. The van der Waals surface area contributed by atoms with E-state index in [1.807, 2.05) is 24.3 Å². The minimum Gasteiger partial charge on any atom is -0.367 e. The molecule has 0 aliphatic carbocycles. The molecule has 3 heteroatoms. The first kappa shape index (κ1) is 11.6. The monoisotopic (exact) mass is 230 g/mol. The standard InChI is InChI=1S/C14H15FN2/c1-2-17(11-12-6-4-3-5-7-12)13-8-9-16-14(15)10-13/h3-10H,2,11H2,1H3. The molecule has 2 aromatic rings. The lowest BCUT2D eigenvalue weighted by molar-refractivity contribution is 0.582. The zero-order valence-electron chi connectivity index (χ0n) is 9.81. The van der Waals surface area contributed by atoms with E-state index in [1.165, 1.54) is 17.8 Å². The van der Waals surface area contributed by atoms with E-state index in [0.29, 0.717) is 0 Å². The van der Waals surface area contributed by atoms with Gasteiger partial charge in [-0.1, -0.05) is 30.3 Å². The Morgan fingerprint density at radius 2 is 1.94 bits per heavy atom. The number of rotatable bonds is 4. The van der Waals surface area contributed by atoms with E-state index in [1.54, 1.807) is 0 Å². The topological polar surface area (TPSA) is 16.1 Å². The van der Waals surface area contributed by atoms with Gasteiger partial charge >= 0.3 is 0 Å². The van der Waals surface area contributed by atoms with Gasteiger partial charge in [-0.3, -0.25) is 0 Å². The highest BCUT2D eigenvalue weighted by Gasteiger charge is 2.06. The second-order valence-corrected chi connectivity index (χ2v) is 3.84. The number of aromatic nitrogens is 1. The molecule has 0 aliphatic heterocycles. The summed E-state index contributed by atoms with van der Waals surface area (Å²) < 4.78 is 13.1. The van der Waals surface area contributed by atoms with E-state index in [0.717, 1.165) is 18.8 Å². The molecule has 1 heterocycles. The van der Waals surface area contributed by atoms with Crippen molar-refractivity contribution in [3.63, 3.8) is 0 Å². The van der Waals surface area contributed by atoms with Gasteiger partial charge in [0.2, 0.25) is 5.95 Å². The van der Waals surface area contributed by atoms with Crippen LogP contribution in [0.1, 0.15) is 12.5 Å². The Hall–Kier alpha value is -1.90. The Labute approximate surface area is 101 Å². The van der Waals surface area contributed by atoms with Crippen LogP contribution in [0.2, 0.25) is 0 Å². The predicted molar refractivity (Wildman–Crippen MR) is 67.4 cm³/mol. The molecule has 0 atom stereocenters. The number of benzene rings is 1. The van der Waals surface area contributed by atoms with Crippen molar-refractivity contribution in [3.05, 3.63) is 60.2 Å². The predicted octanol–water partition coefficient (Wildman–Crippen LogP) is 3.25. The van der Waals surface area contributed by atoms with Crippen molar-refractivity contribution in [3.8, 4) is 0 Å². The third-order valence-corrected chi connectivity index (χ3v) is 2.67. The average molecular weight is 230 g/mol. The number of hydrogen-bond acceptors (Lipinski definition) is 2. The normalized spacial score (nSPS) is 10.2. The molecule has 0 radical (unpaired) electrons. The van der Waals surface area contributed by atoms with Crippen LogP contribution < -0.4 is 4.90 Å². The molecule has 0 unspecified atom stereocenters. The van der Waals surface area contributed by atoms with Crippen molar-refractivity contribution in [2.45, 2.75) is 13.5 Å². The smallest absolute Gasteiger partial charge is 0.214 e. The maximum Gasteiger partial charge on any atom is 0.214 e. The van der Waals surface area contributed by atoms with Gasteiger partial charge in [0.05, 0.1) is 0 Å². The van der Waals surface area contributed by atoms with E-state index in [4.69, 9.17) is 0 Å². The zero-order chi connectivity index (χ0) is 12.1. The summed E-state index contributed by atoms with van der Waals surface area (Å²) in [5.41, 5.74) is 2.08. The molecular weight excluding hydrogens is 215 g/mol. The van der Waals surface area contributed by atoms with E-state index in [-0.39, 0.29) is 0 Å². The van der Waals surface area contributed by atoms with Crippen LogP contribution in [-0.2, 0) is 6.54 Å². The van der Waals surface area contributed by atoms with Crippen molar-refractivity contribution >= 4 is 5.69 Å². The fraction of sp³-hybridized carbons (Fsp3) is 0.214. The highest BCUT2D eigenvalue weighted by Crippen LogP contribution is 2.16. The summed E-state index contributed by atoms with van der Waals surface area (Å²) in [6.45, 7) is 3.67. The molecule has 0 amide bonds. The number of nitrogens with zero attached hydrogens (tertiary/aromatic N) is 2. The first-order valence-corrected chi connectivity index (χ1v) is 5.70. The van der Waals surface area contributed by atoms with Gasteiger partial charge in [-0.05, 0) is 18.6 Å². The van der Waals surface area contributed by atoms with Crippen LogP contribution in [0.15, 0.2) is 48.7 Å². The first-order chi connectivity index (χ1) is 8.29. The van der Waals surface area contributed by atoms with E-state index >= 15 is 0 Å². The Bertz CT molecular complexity index is 471. The molecule has 0 bridgehead atoms. The lowest BCUT2D eigenvalue weighted by Crippen LogP contribution is -2.22. The van der Waals surface area contributed by atoms with Crippen molar-refractivity contribution in [2.24, 2.45) is 0 Å². The molecule has 1 aromatic carbocycles. The van der Waals surface area contributed by atoms with Crippen LogP contribution in [0.25, 0.3) is 0 Å². The molecule has 2 rings (SSSR count). The zero-order valence-corrected chi connectivity index (χ0v) is 9.81. The molecule has 0 aliphatic rings. The summed E-state index contributed by atoms with van der Waals surface area (Å²) in [7, 11) is 0. The molecule has 17 heavy (non-hydrogen) atoms. The van der Waals surface area contributed by atoms with Crippen LogP contribution in [0.4, 0.5) is 10.1 Å². The van der Waals surface area contributed by atoms with E-state index in [2.05, 4.69) is 28.9 Å². The highest BCUT2D eigenvalue weighted by molar-refractivity contribution is 5.45. The van der Waals surface area contributed by atoms with Crippen LogP contribution in [0.5, 0.6) is 0 Å². The third kappa shape index (κ3) is 3.03. The summed E-state index contributed by atoms with van der Waals surface area (Å²) in [4.78, 5) is 5.68. The van der Waals surface area contributed by atoms with Gasteiger partial charge in [0.1, 0.15) is 0 Å². The van der Waals surface area contributed by atoms with Crippen LogP contribution >= 0.6 is 0 Å². The van der Waals surface area contributed by atoms with E-state index in [9.17, 15) is 4.39 Å². The van der Waals surface area contributed by atoms with Crippen LogP contribution in [0, 0.1) is 5.95 Å². The van der Waals surface area contributed by atoms with Gasteiger partial charge in [0.25, 0.3) is 0 Å². The van der Waals surface area contributed by atoms with Gasteiger partial charge in [-0.15, -0.1) is 0 Å². The van der Waals surface area contributed by atoms with Crippen LogP contribution in [0.3, 0.4) is 0 Å². The second kappa shape index (κ2) is 5.43. The molecule has 0 spiro atoms. The van der Waals surface area contributed by atoms with Gasteiger partial charge in [0, 0.05) is 31.0 Å². The SMILES string of the molecule is CCN(Cc1ccccc1)c1ccnc(F)c1. The summed E-state index contributed by atoms with van der Waals surface area (Å²) in [6.07, 6.45) is 1.50. The number of anilines is 1. The number of hydrogen-bond donors (Lipinski definition) is 0. The third-order valence-electron chi connectivity index (χ3n) is 2.67. The molecule has 0 N–H and O–H groups in total. The van der Waals surface area contributed by atoms with Gasteiger partial charge < -0.3 is 4.90 Å². The van der Waals surface area contributed by atoms with Crippen molar-refractivity contribution in [2.75, 3.05) is 11.4 Å². The van der Waals surface area contributed by atoms with Gasteiger partial charge in [-0.2, -0.15) is 4.39 Å². The Balaban J connectivity index is 2.17. The van der Waals surface area contributed by atoms with Crippen molar-refractivity contribution in [1.29, 1.82) is 0 Å². The van der Waals surface area contributed by atoms with Crippen molar-refractivity contribution in [1.82, 2.24) is 4.98 Å². The summed E-state index contributed by atoms with van der Waals surface area (Å²) in [5.74, 6) is -0.436. The minimum atomic E-state index is -0.436. The second-order valence-electron chi connectivity index (χ2n) is 3.84. The van der Waals surface area contributed by atoms with Crippen LogP contribution in [-0.4, -0.2) is 11.5 Å². The molecule has 0 saturated carbocycles. The van der Waals surface area contributed by atoms with Crippen molar-refractivity contribution < 1.29 is 4.39 Å². The number of pyridine rings is 1. The molecule has 0 fully saturated rings. The number of halogens is 1. The molecule has 88 valence electrons. The molecule has 2 nitrogen and oxygen atoms in total.